The van der Waals surface area contributed by atoms with E-state index in [0.29, 0.717) is 25.1 Å². The summed E-state index contributed by atoms with van der Waals surface area (Å²) in [5.74, 6) is 1.49. The average molecular weight is 293 g/mol. The van der Waals surface area contributed by atoms with Gasteiger partial charge in [-0.05, 0) is 37.0 Å². The molecule has 0 radical (unpaired) electrons. The minimum Gasteiger partial charge on any atom is -0.491 e. The minimum atomic E-state index is -0.479. The van der Waals surface area contributed by atoms with Gasteiger partial charge in [0, 0.05) is 12.6 Å². The van der Waals surface area contributed by atoms with Crippen LogP contribution in [0, 0.1) is 5.92 Å². The number of hydrogen-bond donors (Lipinski definition) is 2. The lowest BCUT2D eigenvalue weighted by molar-refractivity contribution is 0.101. The van der Waals surface area contributed by atoms with E-state index in [1.165, 1.54) is 18.4 Å². The Bertz CT molecular complexity index is 373. The van der Waals surface area contributed by atoms with Crippen LogP contribution in [-0.4, -0.2) is 30.4 Å². The van der Waals surface area contributed by atoms with Crippen molar-refractivity contribution in [1.82, 2.24) is 5.32 Å². The fourth-order valence-electron chi connectivity index (χ4n) is 2.56. The van der Waals surface area contributed by atoms with Crippen LogP contribution >= 0.6 is 0 Å². The second kappa shape index (κ2) is 9.80. The van der Waals surface area contributed by atoms with Crippen LogP contribution in [0.2, 0.25) is 0 Å². The van der Waals surface area contributed by atoms with E-state index in [9.17, 15) is 5.11 Å². The highest BCUT2D eigenvalue weighted by Crippen LogP contribution is 2.14. The maximum absolute atomic E-state index is 10.00. The molecule has 0 saturated carbocycles. The molecule has 1 rings (SSSR count). The number of aliphatic hydroxyl groups excluding tert-OH is 1. The molecule has 0 fully saturated rings. The Morgan fingerprint density at radius 2 is 1.71 bits per heavy atom. The lowest BCUT2D eigenvalue weighted by atomic mass is 9.95. The highest BCUT2D eigenvalue weighted by molar-refractivity contribution is 5.27. The molecular weight excluding hydrogens is 262 g/mol. The molecule has 0 aliphatic heterocycles. The van der Waals surface area contributed by atoms with E-state index in [1.807, 2.05) is 12.1 Å². The van der Waals surface area contributed by atoms with E-state index in [2.05, 4.69) is 45.1 Å². The molecule has 0 aliphatic rings. The quantitative estimate of drug-likeness (QED) is 0.694. The summed E-state index contributed by atoms with van der Waals surface area (Å²) in [7, 11) is 0. The zero-order chi connectivity index (χ0) is 15.7. The van der Waals surface area contributed by atoms with Crippen LogP contribution in [0.1, 0.15) is 46.1 Å². The van der Waals surface area contributed by atoms with Gasteiger partial charge in [-0.3, -0.25) is 0 Å². The highest BCUT2D eigenvalue weighted by Gasteiger charge is 2.14. The number of ether oxygens (including phenoxy) is 1. The van der Waals surface area contributed by atoms with Crippen LogP contribution in [0.3, 0.4) is 0 Å². The lowest BCUT2D eigenvalue weighted by Gasteiger charge is -2.24. The number of aryl methyl sites for hydroxylation is 1. The van der Waals surface area contributed by atoms with Gasteiger partial charge in [-0.2, -0.15) is 0 Å². The highest BCUT2D eigenvalue weighted by atomic mass is 16.5. The zero-order valence-corrected chi connectivity index (χ0v) is 13.9. The van der Waals surface area contributed by atoms with Crippen LogP contribution in [0.15, 0.2) is 24.3 Å². The first-order valence-corrected chi connectivity index (χ1v) is 8.23. The van der Waals surface area contributed by atoms with Crippen LogP contribution in [-0.2, 0) is 6.42 Å². The number of benzene rings is 1. The van der Waals surface area contributed by atoms with E-state index < -0.39 is 6.10 Å². The number of aliphatic hydroxyl groups is 1. The third-order valence-electron chi connectivity index (χ3n) is 4.21. The minimum absolute atomic E-state index is 0.327. The van der Waals surface area contributed by atoms with Crippen molar-refractivity contribution in [3.63, 3.8) is 0 Å². The summed E-state index contributed by atoms with van der Waals surface area (Å²) in [5.41, 5.74) is 1.29. The summed E-state index contributed by atoms with van der Waals surface area (Å²) in [6.07, 6.45) is 2.88. The summed E-state index contributed by atoms with van der Waals surface area (Å²) >= 11 is 0. The van der Waals surface area contributed by atoms with E-state index in [0.717, 1.165) is 12.2 Å². The molecule has 0 spiro atoms. The second-order valence-corrected chi connectivity index (χ2v) is 5.74. The van der Waals surface area contributed by atoms with Gasteiger partial charge in [-0.1, -0.05) is 45.7 Å². The lowest BCUT2D eigenvalue weighted by Crippen LogP contribution is -2.40. The molecule has 1 aromatic rings. The van der Waals surface area contributed by atoms with Gasteiger partial charge in [0.15, 0.2) is 0 Å². The summed E-state index contributed by atoms with van der Waals surface area (Å²) in [5, 5.41) is 13.4. The molecule has 2 atom stereocenters. The molecule has 0 heterocycles. The van der Waals surface area contributed by atoms with E-state index in [4.69, 9.17) is 4.74 Å². The molecule has 0 aromatic heterocycles. The van der Waals surface area contributed by atoms with Crippen molar-refractivity contribution in [2.75, 3.05) is 13.2 Å². The topological polar surface area (TPSA) is 41.5 Å². The van der Waals surface area contributed by atoms with Gasteiger partial charge in [0.2, 0.25) is 0 Å². The number of nitrogens with one attached hydrogen (secondary N) is 1. The molecule has 2 unspecified atom stereocenters. The Balaban J connectivity index is 2.28. The van der Waals surface area contributed by atoms with E-state index in [-0.39, 0.29) is 0 Å². The van der Waals surface area contributed by atoms with Crippen molar-refractivity contribution in [2.45, 2.75) is 59.1 Å². The summed E-state index contributed by atoms with van der Waals surface area (Å²) < 4.78 is 5.62. The first-order valence-electron chi connectivity index (χ1n) is 8.23. The van der Waals surface area contributed by atoms with Gasteiger partial charge in [0.1, 0.15) is 18.5 Å². The third kappa shape index (κ3) is 6.49. The van der Waals surface area contributed by atoms with E-state index in [1.54, 1.807) is 0 Å². The van der Waals surface area contributed by atoms with Gasteiger partial charge < -0.3 is 15.2 Å². The summed E-state index contributed by atoms with van der Waals surface area (Å²) in [6.45, 7) is 9.65. The standard InChI is InChI=1S/C18H31NO2/c1-5-15-8-10-18(11-9-15)21-13-17(20)12-19-14(4)16(6-2)7-3/h8-11,14,16-17,19-20H,5-7,12-13H2,1-4H3. The smallest absolute Gasteiger partial charge is 0.119 e. The van der Waals surface area contributed by atoms with Crippen LogP contribution in [0.5, 0.6) is 5.75 Å². The first kappa shape index (κ1) is 18.0. The largest absolute Gasteiger partial charge is 0.491 e. The Hall–Kier alpha value is -1.06. The zero-order valence-electron chi connectivity index (χ0n) is 13.9. The maximum atomic E-state index is 10.00. The summed E-state index contributed by atoms with van der Waals surface area (Å²) in [6, 6.07) is 8.49. The van der Waals surface area contributed by atoms with Crippen molar-refractivity contribution < 1.29 is 9.84 Å². The van der Waals surface area contributed by atoms with Crippen molar-refractivity contribution in [3.05, 3.63) is 29.8 Å². The molecule has 2 N–H and O–H groups in total. The van der Waals surface area contributed by atoms with Gasteiger partial charge >= 0.3 is 0 Å². The number of rotatable bonds is 10. The van der Waals surface area contributed by atoms with Crippen LogP contribution < -0.4 is 10.1 Å². The Morgan fingerprint density at radius 3 is 2.24 bits per heavy atom. The van der Waals surface area contributed by atoms with Gasteiger partial charge in [-0.15, -0.1) is 0 Å². The average Bonchev–Trinajstić information content (AvgIpc) is 2.52. The molecule has 0 saturated heterocycles. The SMILES string of the molecule is CCc1ccc(OCC(O)CNC(C)C(CC)CC)cc1. The maximum Gasteiger partial charge on any atom is 0.119 e. The molecule has 0 bridgehead atoms. The van der Waals surface area contributed by atoms with Crippen molar-refractivity contribution in [1.29, 1.82) is 0 Å². The predicted octanol–water partition coefficient (Wildman–Crippen LogP) is 3.40. The van der Waals surface area contributed by atoms with Crippen molar-refractivity contribution in [3.8, 4) is 5.75 Å². The van der Waals surface area contributed by atoms with Crippen LogP contribution in [0.25, 0.3) is 0 Å². The monoisotopic (exact) mass is 293 g/mol. The molecule has 0 aliphatic carbocycles. The molecule has 21 heavy (non-hydrogen) atoms. The Labute approximate surface area is 129 Å². The van der Waals surface area contributed by atoms with Gasteiger partial charge in [-0.25, -0.2) is 0 Å². The second-order valence-electron chi connectivity index (χ2n) is 5.74. The fraction of sp³-hybridized carbons (Fsp3) is 0.667. The molecule has 3 nitrogen and oxygen atoms in total. The fourth-order valence-corrected chi connectivity index (χ4v) is 2.56. The molecular formula is C18H31NO2. The molecule has 3 heteroatoms. The first-order chi connectivity index (χ1) is 10.1. The summed E-state index contributed by atoms with van der Waals surface area (Å²) in [4.78, 5) is 0. The predicted molar refractivity (Wildman–Crippen MR) is 88.9 cm³/mol. The van der Waals surface area contributed by atoms with E-state index >= 15 is 0 Å². The Morgan fingerprint density at radius 1 is 1.10 bits per heavy atom. The Kier molecular flexibility index (Phi) is 8.40. The van der Waals surface area contributed by atoms with Crippen LogP contribution in [0.4, 0.5) is 0 Å². The molecule has 0 amide bonds. The molecule has 120 valence electrons. The number of hydrogen-bond acceptors (Lipinski definition) is 3. The third-order valence-corrected chi connectivity index (χ3v) is 4.21. The van der Waals surface area contributed by atoms with Gasteiger partial charge in [0.25, 0.3) is 0 Å². The van der Waals surface area contributed by atoms with Gasteiger partial charge in [0.05, 0.1) is 0 Å². The van der Waals surface area contributed by atoms with Crippen molar-refractivity contribution >= 4 is 0 Å². The normalized spacial score (nSPS) is 14.2. The van der Waals surface area contributed by atoms with Crippen molar-refractivity contribution in [2.24, 2.45) is 5.92 Å². The molecule has 1 aromatic carbocycles.